The molecule has 0 aliphatic carbocycles. The predicted molar refractivity (Wildman–Crippen MR) is 83.3 cm³/mol. The fourth-order valence-corrected chi connectivity index (χ4v) is 2.33. The van der Waals surface area contributed by atoms with E-state index in [0.29, 0.717) is 5.92 Å². The molecular weight excluding hydrogens is 246 g/mol. The molecule has 1 atom stereocenters. The molecule has 0 aliphatic heterocycles. The topological polar surface area (TPSA) is 50.9 Å². The number of nitrogens with zero attached hydrogens (tertiary/aromatic N) is 1. The van der Waals surface area contributed by atoms with E-state index in [2.05, 4.69) is 54.6 Å². The third kappa shape index (κ3) is 3.65. The molecule has 0 fully saturated rings. The second-order valence-corrected chi connectivity index (χ2v) is 5.55. The van der Waals surface area contributed by atoms with E-state index in [9.17, 15) is 0 Å². The minimum absolute atomic E-state index is 0.113. The summed E-state index contributed by atoms with van der Waals surface area (Å²) in [7, 11) is 0. The van der Waals surface area contributed by atoms with Crippen molar-refractivity contribution in [1.82, 2.24) is 10.4 Å². The van der Waals surface area contributed by atoms with Crippen molar-refractivity contribution < 1.29 is 0 Å². The molecule has 2 rings (SSSR count). The molecule has 2 aromatic rings. The second-order valence-electron chi connectivity index (χ2n) is 5.55. The molecule has 3 heteroatoms. The van der Waals surface area contributed by atoms with Crippen LogP contribution in [0.3, 0.4) is 0 Å². The molecule has 0 aliphatic rings. The minimum atomic E-state index is 0.113. The van der Waals surface area contributed by atoms with Gasteiger partial charge < -0.3 is 0 Å². The van der Waals surface area contributed by atoms with Crippen LogP contribution < -0.4 is 11.3 Å². The molecule has 0 bridgehead atoms. The van der Waals surface area contributed by atoms with Gasteiger partial charge in [0.1, 0.15) is 0 Å². The third-order valence-corrected chi connectivity index (χ3v) is 3.61. The van der Waals surface area contributed by atoms with E-state index in [1.807, 2.05) is 19.2 Å². The third-order valence-electron chi connectivity index (χ3n) is 3.61. The van der Waals surface area contributed by atoms with Crippen molar-refractivity contribution in [2.75, 3.05) is 0 Å². The summed E-state index contributed by atoms with van der Waals surface area (Å²) in [5.41, 5.74) is 7.74. The van der Waals surface area contributed by atoms with Gasteiger partial charge in [0.25, 0.3) is 0 Å². The lowest BCUT2D eigenvalue weighted by Crippen LogP contribution is -2.29. The van der Waals surface area contributed by atoms with Gasteiger partial charge in [-0.15, -0.1) is 0 Å². The molecule has 0 spiro atoms. The smallest absolute Gasteiger partial charge is 0.0501 e. The average Bonchev–Trinajstić information content (AvgIpc) is 2.45. The minimum Gasteiger partial charge on any atom is -0.271 e. The first-order valence-corrected chi connectivity index (χ1v) is 7.07. The highest BCUT2D eigenvalue weighted by atomic mass is 15.2. The summed E-state index contributed by atoms with van der Waals surface area (Å²) < 4.78 is 0. The van der Waals surface area contributed by atoms with E-state index in [-0.39, 0.29) is 6.04 Å². The summed E-state index contributed by atoms with van der Waals surface area (Å²) >= 11 is 0. The van der Waals surface area contributed by atoms with Crippen LogP contribution in [0.1, 0.15) is 48.2 Å². The van der Waals surface area contributed by atoms with Crippen LogP contribution in [0.15, 0.2) is 42.6 Å². The Kier molecular flexibility index (Phi) is 4.88. The number of aryl methyl sites for hydroxylation is 1. The summed E-state index contributed by atoms with van der Waals surface area (Å²) in [6.07, 6.45) is 2.70. The highest BCUT2D eigenvalue weighted by Crippen LogP contribution is 2.20. The fourth-order valence-electron chi connectivity index (χ4n) is 2.33. The quantitative estimate of drug-likeness (QED) is 0.647. The number of hydrogen-bond donors (Lipinski definition) is 2. The van der Waals surface area contributed by atoms with E-state index in [4.69, 9.17) is 5.84 Å². The van der Waals surface area contributed by atoms with Crippen molar-refractivity contribution in [2.24, 2.45) is 5.84 Å². The monoisotopic (exact) mass is 269 g/mol. The number of hydrogen-bond acceptors (Lipinski definition) is 3. The fraction of sp³-hybridized carbons (Fsp3) is 0.353. The first-order chi connectivity index (χ1) is 9.60. The summed E-state index contributed by atoms with van der Waals surface area (Å²) in [5, 5.41) is 0. The van der Waals surface area contributed by atoms with Gasteiger partial charge in [-0.3, -0.25) is 16.3 Å². The maximum absolute atomic E-state index is 5.71. The van der Waals surface area contributed by atoms with Gasteiger partial charge in [-0.2, -0.15) is 0 Å². The molecule has 20 heavy (non-hydrogen) atoms. The maximum Gasteiger partial charge on any atom is 0.0501 e. The molecule has 0 radical (unpaired) electrons. The Morgan fingerprint density at radius 1 is 1.10 bits per heavy atom. The molecular formula is C17H23N3. The number of nitrogens with one attached hydrogen (secondary N) is 1. The zero-order valence-corrected chi connectivity index (χ0v) is 12.4. The summed E-state index contributed by atoms with van der Waals surface area (Å²) in [6.45, 7) is 6.41. The van der Waals surface area contributed by atoms with E-state index in [1.165, 1.54) is 16.7 Å². The molecule has 3 N–H and O–H groups in total. The van der Waals surface area contributed by atoms with Gasteiger partial charge in [0.2, 0.25) is 0 Å². The molecule has 0 saturated carbocycles. The Hall–Kier alpha value is -1.71. The van der Waals surface area contributed by atoms with Crippen LogP contribution in [0, 0.1) is 6.92 Å². The summed E-state index contributed by atoms with van der Waals surface area (Å²) in [5.74, 6) is 6.28. The van der Waals surface area contributed by atoms with Crippen LogP contribution >= 0.6 is 0 Å². The van der Waals surface area contributed by atoms with Crippen LogP contribution in [0.2, 0.25) is 0 Å². The van der Waals surface area contributed by atoms with E-state index in [1.54, 1.807) is 0 Å². The number of hydrazine groups is 1. The molecule has 0 saturated heterocycles. The van der Waals surface area contributed by atoms with Crippen LogP contribution in [0.4, 0.5) is 0 Å². The van der Waals surface area contributed by atoms with E-state index < -0.39 is 0 Å². The Balaban J connectivity index is 2.14. The number of nitrogens with two attached hydrogens (primary N) is 1. The van der Waals surface area contributed by atoms with Crippen LogP contribution in [-0.2, 0) is 6.42 Å². The van der Waals surface area contributed by atoms with E-state index >= 15 is 0 Å². The Labute approximate surface area is 121 Å². The standard InChI is InChI=1S/C17H23N3/c1-12(2)15-6-4-14(5-7-15)11-17(20-18)16-8-9-19-13(3)10-16/h4-10,12,17,20H,11,18H2,1-3H3. The molecule has 106 valence electrons. The first-order valence-electron chi connectivity index (χ1n) is 7.07. The SMILES string of the molecule is Cc1cc(C(Cc2ccc(C(C)C)cc2)NN)ccn1. The zero-order chi connectivity index (χ0) is 14.5. The number of pyridine rings is 1. The highest BCUT2D eigenvalue weighted by Gasteiger charge is 2.11. The molecule has 3 nitrogen and oxygen atoms in total. The van der Waals surface area contributed by atoms with Gasteiger partial charge in [0.15, 0.2) is 0 Å². The molecule has 1 unspecified atom stereocenters. The van der Waals surface area contributed by atoms with Gasteiger partial charge >= 0.3 is 0 Å². The van der Waals surface area contributed by atoms with Crippen LogP contribution in [0.5, 0.6) is 0 Å². The lowest BCUT2D eigenvalue weighted by Gasteiger charge is -2.17. The normalized spacial score (nSPS) is 12.7. The molecule has 1 aromatic carbocycles. The average molecular weight is 269 g/mol. The number of rotatable bonds is 5. The Bertz CT molecular complexity index is 546. The van der Waals surface area contributed by atoms with Crippen molar-refractivity contribution in [1.29, 1.82) is 0 Å². The second kappa shape index (κ2) is 6.64. The highest BCUT2D eigenvalue weighted by molar-refractivity contribution is 5.27. The maximum atomic E-state index is 5.71. The van der Waals surface area contributed by atoms with Crippen molar-refractivity contribution in [2.45, 2.75) is 39.2 Å². The van der Waals surface area contributed by atoms with Gasteiger partial charge in [0.05, 0.1) is 6.04 Å². The van der Waals surface area contributed by atoms with Crippen molar-refractivity contribution >= 4 is 0 Å². The van der Waals surface area contributed by atoms with Crippen LogP contribution in [-0.4, -0.2) is 4.98 Å². The zero-order valence-electron chi connectivity index (χ0n) is 12.4. The number of aromatic nitrogens is 1. The Morgan fingerprint density at radius 3 is 2.35 bits per heavy atom. The largest absolute Gasteiger partial charge is 0.271 e. The molecule has 1 heterocycles. The first kappa shape index (κ1) is 14.7. The van der Waals surface area contributed by atoms with E-state index in [0.717, 1.165) is 12.1 Å². The van der Waals surface area contributed by atoms with Crippen molar-refractivity contribution in [3.8, 4) is 0 Å². The van der Waals surface area contributed by atoms with Crippen molar-refractivity contribution in [3.63, 3.8) is 0 Å². The predicted octanol–water partition coefficient (Wildman–Crippen LogP) is 3.26. The van der Waals surface area contributed by atoms with Gasteiger partial charge in [-0.05, 0) is 48.1 Å². The molecule has 0 amide bonds. The van der Waals surface area contributed by atoms with Gasteiger partial charge in [0, 0.05) is 11.9 Å². The van der Waals surface area contributed by atoms with Gasteiger partial charge in [-0.1, -0.05) is 38.1 Å². The summed E-state index contributed by atoms with van der Waals surface area (Å²) in [6, 6.07) is 13.0. The lowest BCUT2D eigenvalue weighted by atomic mass is 9.96. The lowest BCUT2D eigenvalue weighted by molar-refractivity contribution is 0.551. The van der Waals surface area contributed by atoms with Gasteiger partial charge in [-0.25, -0.2) is 0 Å². The van der Waals surface area contributed by atoms with Crippen molar-refractivity contribution in [3.05, 3.63) is 65.0 Å². The summed E-state index contributed by atoms with van der Waals surface area (Å²) in [4.78, 5) is 4.23. The number of benzene rings is 1. The Morgan fingerprint density at radius 2 is 1.80 bits per heavy atom. The van der Waals surface area contributed by atoms with Crippen LogP contribution in [0.25, 0.3) is 0 Å². The molecule has 1 aromatic heterocycles.